The zero-order valence-electron chi connectivity index (χ0n) is 26.4. The molecule has 10 rings (SSSR count). The van der Waals surface area contributed by atoms with Crippen molar-refractivity contribution in [2.75, 3.05) is 0 Å². The van der Waals surface area contributed by atoms with Gasteiger partial charge in [-0.2, -0.15) is 0 Å². The lowest BCUT2D eigenvalue weighted by Crippen LogP contribution is -2.10. The van der Waals surface area contributed by atoms with Crippen LogP contribution in [0.25, 0.3) is 99.3 Å². The first-order valence-electron chi connectivity index (χ1n) is 16.2. The van der Waals surface area contributed by atoms with Crippen LogP contribution in [0.1, 0.15) is 26.3 Å². The van der Waals surface area contributed by atoms with Gasteiger partial charge in [0, 0.05) is 38.4 Å². The highest BCUT2D eigenvalue weighted by molar-refractivity contribution is 6.18. The number of para-hydroxylation sites is 4. The molecule has 1 aliphatic carbocycles. The first-order valence-corrected chi connectivity index (χ1v) is 16.2. The summed E-state index contributed by atoms with van der Waals surface area (Å²) >= 11 is 0. The minimum atomic E-state index is -0.00835. The largest absolute Gasteiger partial charge is 0.455 e. The predicted octanol–water partition coefficient (Wildman–Crippen LogP) is 12.1. The Labute approximate surface area is 272 Å². The van der Waals surface area contributed by atoms with Gasteiger partial charge in [-0.25, -0.2) is 9.97 Å². The topological polar surface area (TPSA) is 38.9 Å². The second-order valence-electron chi connectivity index (χ2n) is 13.8. The molecule has 0 saturated heterocycles. The van der Waals surface area contributed by atoms with E-state index < -0.39 is 0 Å². The number of hydrogen-bond donors (Lipinski definition) is 0. The third-order valence-electron chi connectivity index (χ3n) is 9.92. The van der Waals surface area contributed by atoms with Gasteiger partial charge in [0.25, 0.3) is 0 Å². The Morgan fingerprint density at radius 2 is 1.02 bits per heavy atom. The van der Waals surface area contributed by atoms with E-state index in [9.17, 15) is 0 Å². The van der Waals surface area contributed by atoms with Crippen LogP contribution in [0, 0.1) is 0 Å². The van der Waals surface area contributed by atoms with Crippen LogP contribution in [0.2, 0.25) is 0 Å². The number of fused-ring (bicyclic) bond motifs is 8. The van der Waals surface area contributed by atoms with Gasteiger partial charge in [-0.15, -0.1) is 0 Å². The van der Waals surface area contributed by atoms with Crippen LogP contribution in [0.15, 0.2) is 132 Å². The van der Waals surface area contributed by atoms with E-state index in [1.54, 1.807) is 0 Å². The molecule has 2 heterocycles. The van der Waals surface area contributed by atoms with Crippen molar-refractivity contribution in [3.05, 3.63) is 133 Å². The van der Waals surface area contributed by atoms with Crippen molar-refractivity contribution in [3.8, 4) is 44.8 Å². The first kappa shape index (κ1) is 26.4. The Morgan fingerprint density at radius 1 is 0.468 bits per heavy atom. The van der Waals surface area contributed by atoms with Crippen molar-refractivity contribution in [2.45, 2.75) is 26.2 Å². The Morgan fingerprint density at radius 3 is 1.70 bits per heavy atom. The van der Waals surface area contributed by atoms with Gasteiger partial charge in [0.2, 0.25) is 0 Å². The molecule has 0 amide bonds. The number of nitrogens with zero attached hydrogens (tertiary/aromatic N) is 2. The van der Waals surface area contributed by atoms with Crippen LogP contribution < -0.4 is 0 Å². The lowest BCUT2D eigenvalue weighted by molar-refractivity contribution is 0.573. The third kappa shape index (κ3) is 3.80. The molecule has 0 aliphatic heterocycles. The predicted molar refractivity (Wildman–Crippen MR) is 196 cm³/mol. The minimum absolute atomic E-state index is 0.00835. The average molecular weight is 603 g/mol. The molecule has 47 heavy (non-hydrogen) atoms. The number of rotatable bonds is 2. The Balaban J connectivity index is 1.09. The molecule has 222 valence electrons. The van der Waals surface area contributed by atoms with E-state index in [1.165, 1.54) is 43.6 Å². The second-order valence-corrected chi connectivity index (χ2v) is 13.8. The summed E-state index contributed by atoms with van der Waals surface area (Å²) in [5.74, 6) is 0. The fourth-order valence-corrected chi connectivity index (χ4v) is 7.65. The summed E-state index contributed by atoms with van der Waals surface area (Å²) in [4.78, 5) is 10.1. The zero-order chi connectivity index (χ0) is 31.4. The Kier molecular flexibility index (Phi) is 5.27. The van der Waals surface area contributed by atoms with Crippen LogP contribution >= 0.6 is 0 Å². The number of benzene rings is 7. The molecule has 3 heteroatoms. The molecule has 7 aromatic carbocycles. The molecule has 0 saturated carbocycles. The summed E-state index contributed by atoms with van der Waals surface area (Å²) < 4.78 is 6.69. The van der Waals surface area contributed by atoms with E-state index in [4.69, 9.17) is 14.4 Å². The first-order chi connectivity index (χ1) is 22.9. The van der Waals surface area contributed by atoms with E-state index in [1.807, 2.05) is 24.3 Å². The maximum atomic E-state index is 6.69. The molecule has 1 aliphatic rings. The minimum Gasteiger partial charge on any atom is -0.455 e. The van der Waals surface area contributed by atoms with E-state index in [0.717, 1.165) is 61.2 Å². The highest BCUT2D eigenvalue weighted by Crippen LogP contribution is 2.48. The van der Waals surface area contributed by atoms with Crippen molar-refractivity contribution in [1.82, 2.24) is 9.97 Å². The third-order valence-corrected chi connectivity index (χ3v) is 9.92. The van der Waals surface area contributed by atoms with Crippen molar-refractivity contribution in [2.24, 2.45) is 0 Å². The van der Waals surface area contributed by atoms with Crippen molar-refractivity contribution >= 4 is 54.5 Å². The number of aromatic nitrogens is 2. The van der Waals surface area contributed by atoms with Crippen LogP contribution in [0.4, 0.5) is 0 Å². The Hall–Kier alpha value is -5.80. The van der Waals surface area contributed by atoms with Crippen molar-refractivity contribution in [3.63, 3.8) is 0 Å². The van der Waals surface area contributed by atoms with E-state index in [2.05, 4.69) is 124 Å². The molecular weight excluding hydrogens is 572 g/mol. The molecule has 0 spiro atoms. The molecule has 0 atom stereocenters. The standard InChI is InChI=1S/C44H30N2O/c1-44(2,3)36-14-8-12-33-32-11-6-9-30(42(32)47-43(33)36)28-20-18-25-23-27(19-17-26(25)24-28)29-21-22-35-39-31(29)10-7-13-34(39)40-41(35)46-38-16-5-4-15-37(38)45-40/h4-24H,1-3H3. The lowest BCUT2D eigenvalue weighted by atomic mass is 9.86. The lowest BCUT2D eigenvalue weighted by Gasteiger charge is -2.18. The van der Waals surface area contributed by atoms with E-state index >= 15 is 0 Å². The summed E-state index contributed by atoms with van der Waals surface area (Å²) in [6.07, 6.45) is 0. The van der Waals surface area contributed by atoms with Gasteiger partial charge in [0.05, 0.1) is 22.4 Å². The average Bonchev–Trinajstić information content (AvgIpc) is 3.63. The molecule has 9 aromatic rings. The molecule has 3 nitrogen and oxygen atoms in total. The second kappa shape index (κ2) is 9.37. The molecule has 0 fully saturated rings. The van der Waals surface area contributed by atoms with Gasteiger partial charge in [-0.1, -0.05) is 124 Å². The van der Waals surface area contributed by atoms with Crippen LogP contribution in [0.3, 0.4) is 0 Å². The van der Waals surface area contributed by atoms with Gasteiger partial charge >= 0.3 is 0 Å². The van der Waals surface area contributed by atoms with Crippen molar-refractivity contribution < 1.29 is 4.42 Å². The van der Waals surface area contributed by atoms with E-state index in [-0.39, 0.29) is 5.41 Å². The quantitative estimate of drug-likeness (QED) is 0.198. The zero-order valence-corrected chi connectivity index (χ0v) is 26.4. The molecular formula is C44H30N2O. The van der Waals surface area contributed by atoms with Gasteiger partial charge in [-0.05, 0) is 62.5 Å². The summed E-state index contributed by atoms with van der Waals surface area (Å²) in [6, 6.07) is 45.7. The van der Waals surface area contributed by atoms with Gasteiger partial charge in [-0.3, -0.25) is 0 Å². The fourth-order valence-electron chi connectivity index (χ4n) is 7.65. The maximum absolute atomic E-state index is 6.69. The van der Waals surface area contributed by atoms with Gasteiger partial charge in [0.1, 0.15) is 11.2 Å². The van der Waals surface area contributed by atoms with Crippen LogP contribution in [-0.4, -0.2) is 9.97 Å². The molecule has 0 N–H and O–H groups in total. The number of furan rings is 1. The molecule has 0 unspecified atom stereocenters. The summed E-state index contributed by atoms with van der Waals surface area (Å²) in [5, 5.41) is 7.21. The summed E-state index contributed by atoms with van der Waals surface area (Å²) in [5.41, 5.74) is 14.0. The van der Waals surface area contributed by atoms with E-state index in [0.29, 0.717) is 0 Å². The Bertz CT molecular complexity index is 2730. The highest BCUT2D eigenvalue weighted by Gasteiger charge is 2.26. The molecule has 0 radical (unpaired) electrons. The van der Waals surface area contributed by atoms with Gasteiger partial charge < -0.3 is 4.42 Å². The van der Waals surface area contributed by atoms with Crippen LogP contribution in [-0.2, 0) is 5.41 Å². The normalized spacial score (nSPS) is 12.6. The summed E-state index contributed by atoms with van der Waals surface area (Å²) in [7, 11) is 0. The highest BCUT2D eigenvalue weighted by atomic mass is 16.3. The molecule has 2 aromatic heterocycles. The fraction of sp³-hybridized carbons (Fsp3) is 0.0909. The number of hydrogen-bond acceptors (Lipinski definition) is 3. The maximum Gasteiger partial charge on any atom is 0.143 e. The monoisotopic (exact) mass is 602 g/mol. The molecule has 0 bridgehead atoms. The SMILES string of the molecule is CC(C)(C)c1cccc2c1oc1c(-c3ccc4cc(-c5ccc6c7c(cccc57)-c5nc7ccccc7nc5-6)ccc4c3)cccc12. The van der Waals surface area contributed by atoms with Crippen LogP contribution in [0.5, 0.6) is 0 Å². The summed E-state index contributed by atoms with van der Waals surface area (Å²) in [6.45, 7) is 6.73. The smallest absolute Gasteiger partial charge is 0.143 e. The van der Waals surface area contributed by atoms with Gasteiger partial charge in [0.15, 0.2) is 0 Å². The van der Waals surface area contributed by atoms with Crippen molar-refractivity contribution in [1.29, 1.82) is 0 Å².